The van der Waals surface area contributed by atoms with Gasteiger partial charge in [0.1, 0.15) is 0 Å². The summed E-state index contributed by atoms with van der Waals surface area (Å²) in [4.78, 5) is 1.55. The zero-order valence-electron chi connectivity index (χ0n) is 10.8. The summed E-state index contributed by atoms with van der Waals surface area (Å²) in [5.41, 5.74) is 1.80. The third-order valence-corrected chi connectivity index (χ3v) is 4.50. The Bertz CT molecular complexity index is 498. The number of hydrogen-bond acceptors (Lipinski definition) is 1. The molecule has 0 saturated heterocycles. The number of rotatable bonds is 1. The van der Waals surface area contributed by atoms with E-state index in [-0.39, 0.29) is 5.41 Å². The molecule has 2 rings (SSSR count). The SMILES string of the molecule is CC(C)c1c(C(C)(C)C)sc2ccccc12. The van der Waals surface area contributed by atoms with Crippen molar-refractivity contribution < 1.29 is 0 Å². The van der Waals surface area contributed by atoms with Gasteiger partial charge >= 0.3 is 0 Å². The maximum atomic E-state index is 2.31. The van der Waals surface area contributed by atoms with Gasteiger partial charge in [-0.15, -0.1) is 11.3 Å². The topological polar surface area (TPSA) is 0 Å². The number of fused-ring (bicyclic) bond motifs is 1. The van der Waals surface area contributed by atoms with Crippen molar-refractivity contribution in [3.63, 3.8) is 0 Å². The van der Waals surface area contributed by atoms with Gasteiger partial charge in [0.2, 0.25) is 0 Å². The Kier molecular flexibility index (Phi) is 2.83. The van der Waals surface area contributed by atoms with Crippen molar-refractivity contribution in [1.29, 1.82) is 0 Å². The van der Waals surface area contributed by atoms with Gasteiger partial charge in [0.25, 0.3) is 0 Å². The molecular weight excluding hydrogens is 212 g/mol. The Morgan fingerprint density at radius 2 is 1.69 bits per heavy atom. The van der Waals surface area contributed by atoms with Gasteiger partial charge in [-0.1, -0.05) is 52.8 Å². The van der Waals surface area contributed by atoms with Crippen LogP contribution in [0.1, 0.15) is 51.0 Å². The maximum Gasteiger partial charge on any atom is 0.0348 e. The van der Waals surface area contributed by atoms with Gasteiger partial charge in [0.15, 0.2) is 0 Å². The first-order chi connectivity index (χ1) is 7.41. The van der Waals surface area contributed by atoms with Crippen molar-refractivity contribution in [3.05, 3.63) is 34.7 Å². The lowest BCUT2D eigenvalue weighted by Gasteiger charge is -2.20. The third kappa shape index (κ3) is 1.89. The average Bonchev–Trinajstić information content (AvgIpc) is 2.55. The van der Waals surface area contributed by atoms with E-state index in [2.05, 4.69) is 58.9 Å². The molecule has 0 atom stereocenters. The highest BCUT2D eigenvalue weighted by Crippen LogP contribution is 2.42. The van der Waals surface area contributed by atoms with Crippen molar-refractivity contribution in [2.45, 2.75) is 46.0 Å². The van der Waals surface area contributed by atoms with Crippen LogP contribution < -0.4 is 0 Å². The molecule has 0 spiro atoms. The molecule has 1 aromatic carbocycles. The maximum absolute atomic E-state index is 2.31. The Morgan fingerprint density at radius 3 is 2.25 bits per heavy atom. The Hall–Kier alpha value is -0.820. The molecule has 0 aliphatic heterocycles. The zero-order chi connectivity index (χ0) is 11.9. The number of thiophene rings is 1. The second-order valence-electron chi connectivity index (χ2n) is 5.75. The van der Waals surface area contributed by atoms with Gasteiger partial charge in [-0.3, -0.25) is 0 Å². The van der Waals surface area contributed by atoms with Crippen molar-refractivity contribution in [2.24, 2.45) is 0 Å². The van der Waals surface area contributed by atoms with E-state index < -0.39 is 0 Å². The predicted octanol–water partition coefficient (Wildman–Crippen LogP) is 5.32. The quantitative estimate of drug-likeness (QED) is 0.624. The van der Waals surface area contributed by atoms with E-state index >= 15 is 0 Å². The molecular formula is C15H20S. The van der Waals surface area contributed by atoms with E-state index in [1.54, 1.807) is 10.4 Å². The molecule has 16 heavy (non-hydrogen) atoms. The predicted molar refractivity (Wildman–Crippen MR) is 74.6 cm³/mol. The molecule has 0 fully saturated rings. The highest BCUT2D eigenvalue weighted by molar-refractivity contribution is 7.19. The van der Waals surface area contributed by atoms with Crippen LogP contribution in [0.15, 0.2) is 24.3 Å². The molecule has 2 aromatic rings. The van der Waals surface area contributed by atoms with Crippen molar-refractivity contribution in [3.8, 4) is 0 Å². The van der Waals surface area contributed by atoms with Crippen molar-refractivity contribution in [2.75, 3.05) is 0 Å². The molecule has 0 unspecified atom stereocenters. The molecule has 0 bridgehead atoms. The zero-order valence-corrected chi connectivity index (χ0v) is 11.6. The van der Waals surface area contributed by atoms with Crippen LogP contribution in [0.2, 0.25) is 0 Å². The third-order valence-electron chi connectivity index (χ3n) is 2.89. The summed E-state index contributed by atoms with van der Waals surface area (Å²) in [5.74, 6) is 0.602. The van der Waals surface area contributed by atoms with E-state index in [1.807, 2.05) is 11.3 Å². The molecule has 0 nitrogen and oxygen atoms in total. The van der Waals surface area contributed by atoms with Crippen LogP contribution in [0, 0.1) is 0 Å². The first-order valence-electron chi connectivity index (χ1n) is 5.93. The van der Waals surface area contributed by atoms with Gasteiger partial charge in [0, 0.05) is 9.58 Å². The first kappa shape index (κ1) is 11.7. The van der Waals surface area contributed by atoms with E-state index in [0.717, 1.165) is 0 Å². The summed E-state index contributed by atoms with van der Waals surface area (Å²) in [6.07, 6.45) is 0. The van der Waals surface area contributed by atoms with Crippen LogP contribution in [-0.2, 0) is 5.41 Å². The summed E-state index contributed by atoms with van der Waals surface area (Å²) in [6.45, 7) is 11.5. The van der Waals surface area contributed by atoms with Crippen molar-refractivity contribution >= 4 is 21.4 Å². The molecule has 0 amide bonds. The second kappa shape index (κ2) is 3.89. The van der Waals surface area contributed by atoms with E-state index in [1.165, 1.54) is 10.1 Å². The molecule has 1 aromatic heterocycles. The summed E-state index contributed by atoms with van der Waals surface area (Å²) >= 11 is 1.96. The first-order valence-corrected chi connectivity index (χ1v) is 6.75. The Labute approximate surface area is 102 Å². The van der Waals surface area contributed by atoms with Crippen LogP contribution in [-0.4, -0.2) is 0 Å². The molecule has 0 aliphatic carbocycles. The molecule has 1 heteroatoms. The minimum atomic E-state index is 0.253. The summed E-state index contributed by atoms with van der Waals surface area (Å²) in [5, 5.41) is 1.45. The number of benzene rings is 1. The smallest absolute Gasteiger partial charge is 0.0348 e. The van der Waals surface area contributed by atoms with Gasteiger partial charge in [0.05, 0.1) is 0 Å². The second-order valence-corrected chi connectivity index (χ2v) is 6.80. The van der Waals surface area contributed by atoms with Gasteiger partial charge in [-0.25, -0.2) is 0 Å². The van der Waals surface area contributed by atoms with Crippen LogP contribution in [0.25, 0.3) is 10.1 Å². The molecule has 0 saturated carbocycles. The van der Waals surface area contributed by atoms with Gasteiger partial charge in [-0.05, 0) is 28.3 Å². The minimum absolute atomic E-state index is 0.253. The minimum Gasteiger partial charge on any atom is -0.139 e. The van der Waals surface area contributed by atoms with Crippen LogP contribution in [0.4, 0.5) is 0 Å². The molecule has 86 valence electrons. The normalized spacial score (nSPS) is 12.6. The Morgan fingerprint density at radius 1 is 1.06 bits per heavy atom. The highest BCUT2D eigenvalue weighted by atomic mass is 32.1. The van der Waals surface area contributed by atoms with Crippen molar-refractivity contribution in [1.82, 2.24) is 0 Å². The monoisotopic (exact) mass is 232 g/mol. The fourth-order valence-electron chi connectivity index (χ4n) is 2.20. The summed E-state index contributed by atoms with van der Waals surface area (Å²) in [6, 6.07) is 8.78. The summed E-state index contributed by atoms with van der Waals surface area (Å²) in [7, 11) is 0. The van der Waals surface area contributed by atoms with E-state index in [0.29, 0.717) is 5.92 Å². The largest absolute Gasteiger partial charge is 0.139 e. The fourth-order valence-corrected chi connectivity index (χ4v) is 3.61. The lowest BCUT2D eigenvalue weighted by Crippen LogP contribution is -2.11. The van der Waals surface area contributed by atoms with Crippen LogP contribution in [0.5, 0.6) is 0 Å². The number of hydrogen-bond donors (Lipinski definition) is 0. The van der Waals surface area contributed by atoms with E-state index in [9.17, 15) is 0 Å². The fraction of sp³-hybridized carbons (Fsp3) is 0.467. The lowest BCUT2D eigenvalue weighted by atomic mass is 9.87. The molecule has 0 radical (unpaired) electrons. The van der Waals surface area contributed by atoms with E-state index in [4.69, 9.17) is 0 Å². The molecule has 0 N–H and O–H groups in total. The highest BCUT2D eigenvalue weighted by Gasteiger charge is 2.24. The van der Waals surface area contributed by atoms with Crippen LogP contribution >= 0.6 is 11.3 Å². The Balaban J connectivity index is 2.78. The standard InChI is InChI=1S/C15H20S/c1-10(2)13-11-8-6-7-9-12(11)16-14(13)15(3,4)5/h6-10H,1-5H3. The molecule has 1 heterocycles. The lowest BCUT2D eigenvalue weighted by molar-refractivity contribution is 0.593. The average molecular weight is 232 g/mol. The van der Waals surface area contributed by atoms with Crippen LogP contribution in [0.3, 0.4) is 0 Å². The summed E-state index contributed by atoms with van der Waals surface area (Å²) < 4.78 is 1.43. The molecule has 0 aliphatic rings. The van der Waals surface area contributed by atoms with Gasteiger partial charge in [-0.2, -0.15) is 0 Å². The van der Waals surface area contributed by atoms with Gasteiger partial charge < -0.3 is 0 Å².